The Balaban J connectivity index is 1.90. The second-order valence-corrected chi connectivity index (χ2v) is 9.22. The third-order valence-electron chi connectivity index (χ3n) is 4.99. The minimum absolute atomic E-state index is 0.220. The number of esters is 2. The molecule has 9 nitrogen and oxygen atoms in total. The average Bonchev–Trinajstić information content (AvgIpc) is 3.27. The zero-order chi connectivity index (χ0) is 24.3. The van der Waals surface area contributed by atoms with Gasteiger partial charge in [-0.25, -0.2) is 14.6 Å². The van der Waals surface area contributed by atoms with Crippen LogP contribution < -0.4 is 10.9 Å². The summed E-state index contributed by atoms with van der Waals surface area (Å²) in [6.45, 7) is 9.01. The molecule has 0 unspecified atom stereocenters. The van der Waals surface area contributed by atoms with Crippen molar-refractivity contribution < 1.29 is 23.9 Å². The summed E-state index contributed by atoms with van der Waals surface area (Å²) < 4.78 is 11.4. The van der Waals surface area contributed by atoms with E-state index in [2.05, 4.69) is 10.3 Å². The quantitative estimate of drug-likeness (QED) is 0.478. The van der Waals surface area contributed by atoms with Crippen molar-refractivity contribution in [2.24, 2.45) is 0 Å². The first-order chi connectivity index (χ1) is 15.7. The van der Waals surface area contributed by atoms with E-state index in [1.165, 1.54) is 22.2 Å². The lowest BCUT2D eigenvalue weighted by Crippen LogP contribution is -2.28. The molecule has 0 fully saturated rings. The third kappa shape index (κ3) is 4.83. The molecule has 1 N–H and O–H groups in total. The highest BCUT2D eigenvalue weighted by Gasteiger charge is 2.24. The lowest BCUT2D eigenvalue weighted by Gasteiger charge is -2.08. The number of aryl methyl sites for hydroxylation is 2. The molecule has 3 aromatic rings. The number of nitrogens with zero attached hydrogens (tertiary/aromatic N) is 2. The maximum absolute atomic E-state index is 13.0. The number of fused-ring (bicyclic) bond motifs is 1. The summed E-state index contributed by atoms with van der Waals surface area (Å²) in [7, 11) is 0. The predicted octanol–water partition coefficient (Wildman–Crippen LogP) is 3.69. The summed E-state index contributed by atoms with van der Waals surface area (Å²) in [6.07, 6.45) is 1.98. The second-order valence-electron chi connectivity index (χ2n) is 7.11. The summed E-state index contributed by atoms with van der Waals surface area (Å²) in [4.78, 5) is 56.3. The molecule has 0 aliphatic carbocycles. The molecule has 0 bridgehead atoms. The third-order valence-corrected chi connectivity index (χ3v) is 7.52. The lowest BCUT2D eigenvalue weighted by molar-refractivity contribution is -0.116. The minimum Gasteiger partial charge on any atom is -0.462 e. The molecule has 11 heteroatoms. The van der Waals surface area contributed by atoms with Gasteiger partial charge < -0.3 is 14.8 Å². The number of anilines is 1. The molecule has 3 heterocycles. The van der Waals surface area contributed by atoms with E-state index in [1.807, 2.05) is 13.8 Å². The number of hydrogen-bond acceptors (Lipinski definition) is 9. The maximum atomic E-state index is 13.0. The van der Waals surface area contributed by atoms with Crippen LogP contribution in [0.15, 0.2) is 11.1 Å². The summed E-state index contributed by atoms with van der Waals surface area (Å²) in [5.41, 5.74) is 1.16. The van der Waals surface area contributed by atoms with Crippen LogP contribution in [0.2, 0.25) is 0 Å². The van der Waals surface area contributed by atoms with Crippen molar-refractivity contribution in [1.82, 2.24) is 9.55 Å². The molecule has 0 radical (unpaired) electrons. The van der Waals surface area contributed by atoms with Crippen molar-refractivity contribution in [2.45, 2.75) is 47.6 Å². The molecular formula is C22H25N3O6S2. The van der Waals surface area contributed by atoms with Gasteiger partial charge in [0.05, 0.1) is 30.5 Å². The Morgan fingerprint density at radius 3 is 2.33 bits per heavy atom. The van der Waals surface area contributed by atoms with Gasteiger partial charge in [-0.3, -0.25) is 14.2 Å². The van der Waals surface area contributed by atoms with Gasteiger partial charge in [-0.2, -0.15) is 0 Å². The number of rotatable bonds is 8. The van der Waals surface area contributed by atoms with Gasteiger partial charge in [0.2, 0.25) is 5.91 Å². The topological polar surface area (TPSA) is 117 Å². The smallest absolute Gasteiger partial charge is 0.348 e. The average molecular weight is 492 g/mol. The van der Waals surface area contributed by atoms with Crippen molar-refractivity contribution >= 4 is 55.7 Å². The molecule has 3 rings (SSSR count). The summed E-state index contributed by atoms with van der Waals surface area (Å²) >= 11 is 2.40. The molecule has 0 saturated heterocycles. The van der Waals surface area contributed by atoms with Crippen molar-refractivity contribution in [2.75, 3.05) is 18.5 Å². The Labute approximate surface area is 198 Å². The molecule has 33 heavy (non-hydrogen) atoms. The predicted molar refractivity (Wildman–Crippen MR) is 128 cm³/mol. The number of aromatic nitrogens is 2. The van der Waals surface area contributed by atoms with Gasteiger partial charge >= 0.3 is 11.9 Å². The van der Waals surface area contributed by atoms with Crippen LogP contribution in [0.25, 0.3) is 10.2 Å². The van der Waals surface area contributed by atoms with E-state index in [1.54, 1.807) is 20.8 Å². The standard InChI is InChI=1S/C22H25N3O6S2/c1-6-13-11(4)16(21(28)30-7-2)19(32-13)24-14(26)9-25-10-23-18-15(20(25)27)12(5)17(33-18)22(29)31-8-3/h10H,6-9H2,1-5H3,(H,24,26). The maximum Gasteiger partial charge on any atom is 0.348 e. The van der Waals surface area contributed by atoms with Crippen molar-refractivity contribution in [3.8, 4) is 0 Å². The van der Waals surface area contributed by atoms with Gasteiger partial charge in [-0.1, -0.05) is 6.92 Å². The number of carbonyl (C=O) groups excluding carboxylic acids is 3. The SMILES string of the molecule is CCOC(=O)c1sc2ncn(CC(=O)Nc3sc(CC)c(C)c3C(=O)OCC)c(=O)c2c1C. The van der Waals surface area contributed by atoms with Crippen LogP contribution in [0.5, 0.6) is 0 Å². The zero-order valence-electron chi connectivity index (χ0n) is 19.1. The highest BCUT2D eigenvalue weighted by atomic mass is 32.1. The molecule has 0 saturated carbocycles. The van der Waals surface area contributed by atoms with Crippen LogP contribution in [0.4, 0.5) is 5.00 Å². The van der Waals surface area contributed by atoms with Gasteiger partial charge in [-0.15, -0.1) is 22.7 Å². The number of hydrogen-bond donors (Lipinski definition) is 1. The van der Waals surface area contributed by atoms with Gasteiger partial charge in [0.1, 0.15) is 21.3 Å². The normalized spacial score (nSPS) is 10.9. The monoisotopic (exact) mass is 491 g/mol. The van der Waals surface area contributed by atoms with Crippen LogP contribution >= 0.6 is 22.7 Å². The number of carbonyl (C=O) groups is 3. The number of amides is 1. The van der Waals surface area contributed by atoms with E-state index in [-0.39, 0.29) is 25.1 Å². The Morgan fingerprint density at radius 2 is 1.70 bits per heavy atom. The Kier molecular flexibility index (Phi) is 7.65. The fourth-order valence-corrected chi connectivity index (χ4v) is 5.60. The van der Waals surface area contributed by atoms with Crippen LogP contribution in [0.1, 0.15) is 56.8 Å². The van der Waals surface area contributed by atoms with E-state index in [4.69, 9.17) is 9.47 Å². The Bertz CT molecular complexity index is 1290. The molecule has 176 valence electrons. The van der Waals surface area contributed by atoms with Crippen molar-refractivity contribution in [1.29, 1.82) is 0 Å². The first kappa shape index (κ1) is 24.6. The number of thiophene rings is 2. The van der Waals surface area contributed by atoms with Gasteiger partial charge in [-0.05, 0) is 45.2 Å². The summed E-state index contributed by atoms with van der Waals surface area (Å²) in [5.74, 6) is -1.49. The fraction of sp³-hybridized carbons (Fsp3) is 0.409. The molecule has 0 aliphatic heterocycles. The Morgan fingerprint density at radius 1 is 1.03 bits per heavy atom. The largest absolute Gasteiger partial charge is 0.462 e. The first-order valence-corrected chi connectivity index (χ1v) is 12.1. The molecule has 0 spiro atoms. The van der Waals surface area contributed by atoms with Crippen LogP contribution in [-0.4, -0.2) is 40.6 Å². The zero-order valence-corrected chi connectivity index (χ0v) is 20.7. The summed E-state index contributed by atoms with van der Waals surface area (Å²) in [5, 5.41) is 3.42. The molecule has 0 aliphatic rings. The highest BCUT2D eigenvalue weighted by Crippen LogP contribution is 2.34. The van der Waals surface area contributed by atoms with Gasteiger partial charge in [0.25, 0.3) is 5.56 Å². The highest BCUT2D eigenvalue weighted by molar-refractivity contribution is 7.20. The van der Waals surface area contributed by atoms with E-state index in [0.717, 1.165) is 21.8 Å². The second kappa shape index (κ2) is 10.3. The first-order valence-electron chi connectivity index (χ1n) is 10.5. The molecular weight excluding hydrogens is 466 g/mol. The molecule has 0 aromatic carbocycles. The van der Waals surface area contributed by atoms with Crippen molar-refractivity contribution in [3.63, 3.8) is 0 Å². The fourth-order valence-electron chi connectivity index (χ4n) is 3.42. The Hall–Kier alpha value is -3.05. The van der Waals surface area contributed by atoms with Crippen LogP contribution in [0, 0.1) is 13.8 Å². The van der Waals surface area contributed by atoms with Gasteiger partial charge in [0.15, 0.2) is 0 Å². The van der Waals surface area contributed by atoms with Gasteiger partial charge in [0, 0.05) is 4.88 Å². The van der Waals surface area contributed by atoms with Crippen molar-refractivity contribution in [3.05, 3.63) is 43.1 Å². The molecule has 3 aromatic heterocycles. The summed E-state index contributed by atoms with van der Waals surface area (Å²) in [6, 6.07) is 0. The van der Waals surface area contributed by atoms with E-state index in [0.29, 0.717) is 32.3 Å². The van der Waals surface area contributed by atoms with E-state index < -0.39 is 23.4 Å². The van der Waals surface area contributed by atoms with Crippen LogP contribution in [-0.2, 0) is 27.2 Å². The number of ether oxygens (including phenoxy) is 2. The van der Waals surface area contributed by atoms with E-state index in [9.17, 15) is 19.2 Å². The molecule has 1 amide bonds. The van der Waals surface area contributed by atoms with Crippen LogP contribution in [0.3, 0.4) is 0 Å². The van der Waals surface area contributed by atoms with E-state index >= 15 is 0 Å². The minimum atomic E-state index is -0.506. The molecule has 0 atom stereocenters. The number of nitrogens with one attached hydrogen (secondary N) is 1. The lowest BCUT2D eigenvalue weighted by atomic mass is 10.1.